The fraction of sp³-hybridized carbons (Fsp3) is 0.381. The normalized spacial score (nSPS) is 15.7. The molecule has 1 heterocycles. The van der Waals surface area contributed by atoms with Gasteiger partial charge in [-0.05, 0) is 60.0 Å². The lowest BCUT2D eigenvalue weighted by Crippen LogP contribution is -2.54. The summed E-state index contributed by atoms with van der Waals surface area (Å²) in [7, 11) is -4.08. The fourth-order valence-electron chi connectivity index (χ4n) is 3.47. The maximum Gasteiger partial charge on any atom is 0.265 e. The van der Waals surface area contributed by atoms with Crippen LogP contribution in [-0.2, 0) is 30.7 Å². The summed E-state index contributed by atoms with van der Waals surface area (Å²) in [6, 6.07) is 12.5. The first-order valence-electron chi connectivity index (χ1n) is 9.93. The van der Waals surface area contributed by atoms with E-state index in [1.807, 2.05) is 6.07 Å². The number of hydrogen-bond acceptors (Lipinski definition) is 9. The standard InChI is InChI=1S/C21H24N2O8S/c24-20(23-26)21(8-10-29-11-9-21)32(27,28)19-6-4-18(5-7-19)31-13-12-30-15-16-2-1-3-17(14-16)22-25/h1-7,14,26H,8-13,15H2,(H,23,24). The lowest BCUT2D eigenvalue weighted by Gasteiger charge is -2.34. The van der Waals surface area contributed by atoms with Crippen LogP contribution in [0.15, 0.2) is 58.6 Å². The molecule has 0 saturated carbocycles. The maximum atomic E-state index is 13.2. The minimum atomic E-state index is -4.08. The molecule has 1 aliphatic rings. The Hall–Kier alpha value is -2.86. The fourth-order valence-corrected chi connectivity index (χ4v) is 5.41. The minimum absolute atomic E-state index is 0.0460. The Morgan fingerprint density at radius 2 is 1.84 bits per heavy atom. The molecule has 172 valence electrons. The second kappa shape index (κ2) is 10.6. The first-order valence-corrected chi connectivity index (χ1v) is 11.4. The molecule has 2 N–H and O–H groups in total. The topological polar surface area (TPSA) is 141 Å². The average Bonchev–Trinajstić information content (AvgIpc) is 2.84. The Morgan fingerprint density at radius 1 is 1.12 bits per heavy atom. The van der Waals surface area contributed by atoms with E-state index in [-0.39, 0.29) is 44.2 Å². The molecule has 1 fully saturated rings. The molecular weight excluding hydrogens is 440 g/mol. The van der Waals surface area contributed by atoms with Crippen molar-refractivity contribution in [3.8, 4) is 5.75 Å². The summed E-state index contributed by atoms with van der Waals surface area (Å²) < 4.78 is 40.9. The number of hydroxylamine groups is 1. The second-order valence-electron chi connectivity index (χ2n) is 7.18. The molecule has 0 aliphatic carbocycles. The van der Waals surface area contributed by atoms with Crippen LogP contribution in [0.3, 0.4) is 0 Å². The summed E-state index contributed by atoms with van der Waals surface area (Å²) in [5.41, 5.74) is 2.63. The van der Waals surface area contributed by atoms with Gasteiger partial charge in [-0.15, -0.1) is 4.91 Å². The smallest absolute Gasteiger partial charge is 0.265 e. The number of nitrogens with zero attached hydrogens (tertiary/aromatic N) is 1. The van der Waals surface area contributed by atoms with Crippen molar-refractivity contribution >= 4 is 21.4 Å². The largest absolute Gasteiger partial charge is 0.491 e. The summed E-state index contributed by atoms with van der Waals surface area (Å²) in [5, 5.41) is 12.0. The summed E-state index contributed by atoms with van der Waals surface area (Å²) in [6.45, 7) is 1.00. The lowest BCUT2D eigenvalue weighted by molar-refractivity contribution is -0.134. The van der Waals surface area contributed by atoms with Gasteiger partial charge in [0.2, 0.25) is 0 Å². The first kappa shape index (κ1) is 23.8. The van der Waals surface area contributed by atoms with Crippen LogP contribution in [0.5, 0.6) is 5.75 Å². The number of nitrogens with one attached hydrogen (secondary N) is 1. The monoisotopic (exact) mass is 464 g/mol. The summed E-state index contributed by atoms with van der Waals surface area (Å²) in [5.74, 6) is -0.528. The van der Waals surface area contributed by atoms with E-state index in [4.69, 9.17) is 19.4 Å². The van der Waals surface area contributed by atoms with Crippen LogP contribution in [0, 0.1) is 4.91 Å². The van der Waals surface area contributed by atoms with Gasteiger partial charge in [0.1, 0.15) is 18.0 Å². The van der Waals surface area contributed by atoms with Crippen LogP contribution in [0.25, 0.3) is 0 Å². The molecule has 2 aromatic rings. The Bertz CT molecular complexity index is 1030. The predicted molar refractivity (Wildman–Crippen MR) is 113 cm³/mol. The average molecular weight is 464 g/mol. The molecule has 0 unspecified atom stereocenters. The Balaban J connectivity index is 1.57. The zero-order valence-electron chi connectivity index (χ0n) is 17.2. The number of carbonyl (C=O) groups excluding carboxylic acids is 1. The van der Waals surface area contributed by atoms with E-state index in [9.17, 15) is 18.1 Å². The van der Waals surface area contributed by atoms with E-state index in [1.165, 1.54) is 29.7 Å². The quantitative estimate of drug-likeness (QED) is 0.236. The second-order valence-corrected chi connectivity index (χ2v) is 9.44. The van der Waals surface area contributed by atoms with Crippen molar-refractivity contribution in [3.05, 3.63) is 59.0 Å². The van der Waals surface area contributed by atoms with E-state index in [1.54, 1.807) is 18.2 Å². The van der Waals surface area contributed by atoms with Crippen LogP contribution in [0.1, 0.15) is 18.4 Å². The van der Waals surface area contributed by atoms with Gasteiger partial charge in [-0.2, -0.15) is 0 Å². The zero-order chi connectivity index (χ0) is 23.0. The van der Waals surface area contributed by atoms with Gasteiger partial charge in [-0.25, -0.2) is 13.9 Å². The number of amides is 1. The predicted octanol–water partition coefficient (Wildman–Crippen LogP) is 2.51. The zero-order valence-corrected chi connectivity index (χ0v) is 18.0. The Labute approximate surface area is 185 Å². The third-order valence-corrected chi connectivity index (χ3v) is 7.76. The number of nitroso groups, excluding NO2 is 1. The highest BCUT2D eigenvalue weighted by molar-refractivity contribution is 7.93. The molecule has 2 aromatic carbocycles. The van der Waals surface area contributed by atoms with Gasteiger partial charge in [0.05, 0.1) is 18.1 Å². The molecule has 10 nitrogen and oxygen atoms in total. The van der Waals surface area contributed by atoms with E-state index < -0.39 is 20.5 Å². The number of rotatable bonds is 10. The van der Waals surface area contributed by atoms with Crippen LogP contribution < -0.4 is 10.2 Å². The number of ether oxygens (including phenoxy) is 3. The molecule has 0 radical (unpaired) electrons. The molecule has 0 bridgehead atoms. The van der Waals surface area contributed by atoms with E-state index in [2.05, 4.69) is 5.18 Å². The third kappa shape index (κ3) is 5.13. The van der Waals surface area contributed by atoms with Crippen molar-refractivity contribution in [2.24, 2.45) is 5.18 Å². The van der Waals surface area contributed by atoms with Crippen LogP contribution >= 0.6 is 0 Å². The van der Waals surface area contributed by atoms with Gasteiger partial charge in [0.25, 0.3) is 5.91 Å². The van der Waals surface area contributed by atoms with Crippen molar-refractivity contribution in [2.75, 3.05) is 26.4 Å². The van der Waals surface area contributed by atoms with E-state index in [0.29, 0.717) is 18.0 Å². The lowest BCUT2D eigenvalue weighted by atomic mass is 9.98. The van der Waals surface area contributed by atoms with Gasteiger partial charge in [0, 0.05) is 13.2 Å². The molecule has 1 saturated heterocycles. The van der Waals surface area contributed by atoms with Crippen molar-refractivity contribution in [3.63, 3.8) is 0 Å². The Kier molecular flexibility index (Phi) is 7.91. The van der Waals surface area contributed by atoms with Crippen molar-refractivity contribution in [2.45, 2.75) is 29.1 Å². The van der Waals surface area contributed by atoms with Crippen molar-refractivity contribution < 1.29 is 32.6 Å². The number of benzene rings is 2. The number of hydrogen-bond donors (Lipinski definition) is 2. The van der Waals surface area contributed by atoms with Gasteiger partial charge in [-0.1, -0.05) is 12.1 Å². The van der Waals surface area contributed by atoms with Crippen LogP contribution in [0.4, 0.5) is 5.69 Å². The molecule has 11 heteroatoms. The highest BCUT2D eigenvalue weighted by atomic mass is 32.2. The van der Waals surface area contributed by atoms with Gasteiger partial charge >= 0.3 is 0 Å². The highest BCUT2D eigenvalue weighted by Gasteiger charge is 2.52. The van der Waals surface area contributed by atoms with Gasteiger partial charge in [0.15, 0.2) is 14.6 Å². The molecule has 0 spiro atoms. The van der Waals surface area contributed by atoms with Gasteiger partial charge < -0.3 is 14.2 Å². The summed E-state index contributed by atoms with van der Waals surface area (Å²) in [4.78, 5) is 22.8. The van der Waals surface area contributed by atoms with Crippen molar-refractivity contribution in [1.82, 2.24) is 5.48 Å². The SMILES string of the molecule is O=Nc1cccc(COCCOc2ccc(S(=O)(=O)C3(C(=O)NO)CCOCC3)cc2)c1. The minimum Gasteiger partial charge on any atom is -0.491 e. The summed E-state index contributed by atoms with van der Waals surface area (Å²) in [6.07, 6.45) is -0.105. The Morgan fingerprint density at radius 3 is 2.50 bits per heavy atom. The first-order chi connectivity index (χ1) is 15.4. The molecule has 0 atom stereocenters. The third-order valence-electron chi connectivity index (χ3n) is 5.25. The molecule has 32 heavy (non-hydrogen) atoms. The molecular formula is C21H24N2O8S. The highest BCUT2D eigenvalue weighted by Crippen LogP contribution is 2.35. The van der Waals surface area contributed by atoms with E-state index in [0.717, 1.165) is 5.56 Å². The number of carbonyl (C=O) groups is 1. The molecule has 1 aliphatic heterocycles. The summed E-state index contributed by atoms with van der Waals surface area (Å²) >= 11 is 0. The van der Waals surface area contributed by atoms with Crippen molar-refractivity contribution in [1.29, 1.82) is 0 Å². The van der Waals surface area contributed by atoms with Crippen LogP contribution in [-0.4, -0.2) is 50.7 Å². The molecule has 1 amide bonds. The van der Waals surface area contributed by atoms with E-state index >= 15 is 0 Å². The van der Waals surface area contributed by atoms with Gasteiger partial charge in [-0.3, -0.25) is 10.0 Å². The maximum absolute atomic E-state index is 13.2. The molecule has 3 rings (SSSR count). The number of sulfone groups is 1. The molecule has 0 aromatic heterocycles. The van der Waals surface area contributed by atoms with Crippen LogP contribution in [0.2, 0.25) is 0 Å².